The SMILES string of the molecule is COC(=O)c1ccc(N2CCCC2)c(NC(=O)/C=C/c2ccc(S(=O)(=O)N3CCOCC3)cc2)c1. The van der Waals surface area contributed by atoms with Crippen LogP contribution in [0.5, 0.6) is 0 Å². The van der Waals surface area contributed by atoms with Crippen molar-refractivity contribution in [3.63, 3.8) is 0 Å². The van der Waals surface area contributed by atoms with Gasteiger partial charge in [-0.25, -0.2) is 13.2 Å². The number of sulfonamides is 1. The van der Waals surface area contributed by atoms with Gasteiger partial charge in [-0.1, -0.05) is 12.1 Å². The van der Waals surface area contributed by atoms with Crippen LogP contribution >= 0.6 is 0 Å². The molecule has 2 heterocycles. The number of rotatable bonds is 7. The Hall–Kier alpha value is -3.21. The highest BCUT2D eigenvalue weighted by molar-refractivity contribution is 7.89. The summed E-state index contributed by atoms with van der Waals surface area (Å²) in [7, 11) is -2.25. The molecule has 0 saturated carbocycles. The monoisotopic (exact) mass is 499 g/mol. The Morgan fingerprint density at radius 3 is 2.34 bits per heavy atom. The first kappa shape index (κ1) is 24.9. The highest BCUT2D eigenvalue weighted by Gasteiger charge is 2.26. The van der Waals surface area contributed by atoms with Gasteiger partial charge in [0.25, 0.3) is 0 Å². The molecule has 0 atom stereocenters. The lowest BCUT2D eigenvalue weighted by Crippen LogP contribution is -2.40. The van der Waals surface area contributed by atoms with Crippen LogP contribution in [0, 0.1) is 0 Å². The number of carbonyl (C=O) groups excluding carboxylic acids is 2. The first-order chi connectivity index (χ1) is 16.9. The Morgan fingerprint density at radius 2 is 1.69 bits per heavy atom. The summed E-state index contributed by atoms with van der Waals surface area (Å²) in [6.07, 6.45) is 5.14. The van der Waals surface area contributed by atoms with Crippen LogP contribution in [0.1, 0.15) is 28.8 Å². The van der Waals surface area contributed by atoms with Crippen LogP contribution < -0.4 is 10.2 Å². The Balaban J connectivity index is 1.46. The largest absolute Gasteiger partial charge is 0.465 e. The maximum atomic E-state index is 12.8. The van der Waals surface area contributed by atoms with Gasteiger partial charge in [-0.2, -0.15) is 4.31 Å². The molecule has 1 amide bonds. The van der Waals surface area contributed by atoms with E-state index in [1.165, 1.54) is 29.6 Å². The van der Waals surface area contributed by atoms with Crippen LogP contribution in [0.25, 0.3) is 6.08 Å². The molecule has 2 aliphatic heterocycles. The quantitative estimate of drug-likeness (QED) is 0.461. The number of benzene rings is 2. The van der Waals surface area contributed by atoms with Gasteiger partial charge in [0.05, 0.1) is 42.2 Å². The molecule has 35 heavy (non-hydrogen) atoms. The molecule has 2 aromatic carbocycles. The molecule has 0 aliphatic carbocycles. The lowest BCUT2D eigenvalue weighted by atomic mass is 10.1. The minimum absolute atomic E-state index is 0.205. The van der Waals surface area contributed by atoms with E-state index < -0.39 is 16.0 Å². The molecule has 9 nitrogen and oxygen atoms in total. The predicted molar refractivity (Wildman–Crippen MR) is 133 cm³/mol. The minimum atomic E-state index is -3.57. The molecule has 0 bridgehead atoms. The van der Waals surface area contributed by atoms with Gasteiger partial charge >= 0.3 is 5.97 Å². The van der Waals surface area contributed by atoms with Gasteiger partial charge in [0.1, 0.15) is 0 Å². The zero-order valence-corrected chi connectivity index (χ0v) is 20.4. The lowest BCUT2D eigenvalue weighted by molar-refractivity contribution is -0.111. The van der Waals surface area contributed by atoms with E-state index in [9.17, 15) is 18.0 Å². The molecule has 4 rings (SSSR count). The summed E-state index contributed by atoms with van der Waals surface area (Å²) in [6, 6.07) is 11.5. The van der Waals surface area contributed by atoms with Crippen molar-refractivity contribution in [3.8, 4) is 0 Å². The van der Waals surface area contributed by atoms with Gasteiger partial charge in [-0.05, 0) is 54.8 Å². The zero-order chi connectivity index (χ0) is 24.8. The zero-order valence-electron chi connectivity index (χ0n) is 19.6. The van der Waals surface area contributed by atoms with Crippen LogP contribution in [0.2, 0.25) is 0 Å². The van der Waals surface area contributed by atoms with Crippen LogP contribution in [-0.4, -0.2) is 71.1 Å². The molecule has 0 aromatic heterocycles. The van der Waals surface area contributed by atoms with E-state index in [0.29, 0.717) is 43.1 Å². The molecule has 0 unspecified atom stereocenters. The molecule has 0 radical (unpaired) electrons. The highest BCUT2D eigenvalue weighted by atomic mass is 32.2. The minimum Gasteiger partial charge on any atom is -0.465 e. The summed E-state index contributed by atoms with van der Waals surface area (Å²) in [4.78, 5) is 27.0. The van der Waals surface area contributed by atoms with Crippen LogP contribution in [0.4, 0.5) is 11.4 Å². The Morgan fingerprint density at radius 1 is 1.00 bits per heavy atom. The first-order valence-electron chi connectivity index (χ1n) is 11.5. The molecule has 186 valence electrons. The van der Waals surface area contributed by atoms with Crippen molar-refractivity contribution in [2.75, 3.05) is 56.7 Å². The number of methoxy groups -OCH3 is 1. The number of ether oxygens (including phenoxy) is 2. The number of hydrogen-bond donors (Lipinski definition) is 1. The highest BCUT2D eigenvalue weighted by Crippen LogP contribution is 2.30. The van der Waals surface area contributed by atoms with E-state index in [-0.39, 0.29) is 10.8 Å². The normalized spacial score (nSPS) is 17.0. The van der Waals surface area contributed by atoms with Gasteiger partial charge in [0.2, 0.25) is 15.9 Å². The van der Waals surface area contributed by atoms with E-state index in [0.717, 1.165) is 31.6 Å². The van der Waals surface area contributed by atoms with Gasteiger partial charge in [-0.3, -0.25) is 4.79 Å². The fourth-order valence-electron chi connectivity index (χ4n) is 4.15. The smallest absolute Gasteiger partial charge is 0.337 e. The van der Waals surface area contributed by atoms with E-state index in [1.54, 1.807) is 30.3 Å². The topological polar surface area (TPSA) is 105 Å². The molecule has 2 saturated heterocycles. The molecule has 10 heteroatoms. The molecule has 1 N–H and O–H groups in total. The number of morpholine rings is 1. The van der Waals surface area contributed by atoms with Crippen LogP contribution in [0.15, 0.2) is 53.4 Å². The summed E-state index contributed by atoms with van der Waals surface area (Å²) in [5.74, 6) is -0.839. The second-order valence-electron chi connectivity index (χ2n) is 8.33. The number of nitrogens with zero attached hydrogens (tertiary/aromatic N) is 2. The number of amides is 1. The third kappa shape index (κ3) is 5.90. The molecule has 0 spiro atoms. The first-order valence-corrected chi connectivity index (χ1v) is 13.0. The van der Waals surface area contributed by atoms with Crippen molar-refractivity contribution in [1.29, 1.82) is 0 Å². The fraction of sp³-hybridized carbons (Fsp3) is 0.360. The van der Waals surface area contributed by atoms with E-state index in [4.69, 9.17) is 9.47 Å². The summed E-state index contributed by atoms with van der Waals surface area (Å²) < 4.78 is 37.0. The third-order valence-corrected chi connectivity index (χ3v) is 7.95. The molecular weight excluding hydrogens is 470 g/mol. The summed E-state index contributed by atoms with van der Waals surface area (Å²) in [6.45, 7) is 3.21. The summed E-state index contributed by atoms with van der Waals surface area (Å²) in [5, 5.41) is 2.87. The van der Waals surface area contributed by atoms with E-state index in [1.807, 2.05) is 6.07 Å². The van der Waals surface area contributed by atoms with E-state index in [2.05, 4.69) is 10.2 Å². The Kier molecular flexibility index (Phi) is 7.84. The fourth-order valence-corrected chi connectivity index (χ4v) is 5.56. The molecule has 2 fully saturated rings. The van der Waals surface area contributed by atoms with Crippen LogP contribution in [0.3, 0.4) is 0 Å². The number of carbonyl (C=O) groups is 2. The van der Waals surface area contributed by atoms with Crippen molar-refractivity contribution >= 4 is 39.4 Å². The third-order valence-electron chi connectivity index (χ3n) is 6.04. The number of esters is 1. The van der Waals surface area contributed by atoms with Crippen molar-refractivity contribution in [1.82, 2.24) is 4.31 Å². The van der Waals surface area contributed by atoms with Crippen molar-refractivity contribution in [2.24, 2.45) is 0 Å². The molecular formula is C25H29N3O6S. The number of nitrogens with one attached hydrogen (secondary N) is 1. The summed E-state index contributed by atoms with van der Waals surface area (Å²) >= 11 is 0. The van der Waals surface area contributed by atoms with Crippen molar-refractivity contribution in [3.05, 3.63) is 59.7 Å². The Labute approximate surface area is 205 Å². The average Bonchev–Trinajstić information content (AvgIpc) is 3.42. The van der Waals surface area contributed by atoms with Crippen LogP contribution in [-0.2, 0) is 24.3 Å². The number of anilines is 2. The summed E-state index contributed by atoms with van der Waals surface area (Å²) in [5.41, 5.74) is 2.43. The van der Waals surface area contributed by atoms with Gasteiger partial charge < -0.3 is 19.7 Å². The molecule has 2 aliphatic rings. The second kappa shape index (κ2) is 11.0. The predicted octanol–water partition coefficient (Wildman–Crippen LogP) is 2.75. The lowest BCUT2D eigenvalue weighted by Gasteiger charge is -2.26. The van der Waals surface area contributed by atoms with Crippen molar-refractivity contribution < 1.29 is 27.5 Å². The van der Waals surface area contributed by atoms with Gasteiger partial charge in [-0.15, -0.1) is 0 Å². The van der Waals surface area contributed by atoms with Gasteiger partial charge in [0.15, 0.2) is 0 Å². The standard InChI is InChI=1S/C25H29N3O6S/c1-33-25(30)20-7-10-23(27-12-2-3-13-27)22(18-20)26-24(29)11-6-19-4-8-21(9-5-19)35(31,32)28-14-16-34-17-15-28/h4-11,18H,2-3,12-17H2,1H3,(H,26,29)/b11-6+. The molecule has 2 aromatic rings. The maximum absolute atomic E-state index is 12.8. The second-order valence-corrected chi connectivity index (χ2v) is 10.3. The van der Waals surface area contributed by atoms with E-state index >= 15 is 0 Å². The average molecular weight is 500 g/mol. The van der Waals surface area contributed by atoms with Gasteiger partial charge in [0, 0.05) is 32.3 Å². The van der Waals surface area contributed by atoms with Crippen molar-refractivity contribution in [2.45, 2.75) is 17.7 Å². The number of hydrogen-bond acceptors (Lipinski definition) is 7. The Bertz CT molecular complexity index is 1200. The maximum Gasteiger partial charge on any atom is 0.337 e.